The van der Waals surface area contributed by atoms with Crippen LogP contribution in [0.2, 0.25) is 0 Å². The molecule has 0 aliphatic heterocycles. The van der Waals surface area contributed by atoms with Crippen molar-refractivity contribution in [2.24, 2.45) is 0 Å². The molecule has 0 fully saturated rings. The molecule has 2 aromatic heterocycles. The quantitative estimate of drug-likeness (QED) is 0.748. The fraction of sp³-hybridized carbons (Fsp3) is 0.0714. The third kappa shape index (κ3) is 3.65. The van der Waals surface area contributed by atoms with Gasteiger partial charge in [0.05, 0.1) is 0 Å². The highest BCUT2D eigenvalue weighted by atomic mass is 16.1. The van der Waals surface area contributed by atoms with E-state index in [0.717, 1.165) is 11.1 Å². The van der Waals surface area contributed by atoms with Crippen LogP contribution in [-0.4, -0.2) is 15.8 Å². The molecule has 0 atom stereocenters. The summed E-state index contributed by atoms with van der Waals surface area (Å²) in [6, 6.07) is 7.43. The lowest BCUT2D eigenvalue weighted by atomic mass is 10.1. The second-order valence-electron chi connectivity index (χ2n) is 3.62. The zero-order valence-electron chi connectivity index (χ0n) is 9.28. The van der Waals surface area contributed by atoms with Gasteiger partial charge in [0.15, 0.2) is 5.78 Å². The average molecular weight is 224 g/mol. The molecule has 3 nitrogen and oxygen atoms in total. The van der Waals surface area contributed by atoms with Gasteiger partial charge in [-0.1, -0.05) is 12.1 Å². The van der Waals surface area contributed by atoms with Crippen LogP contribution in [0.5, 0.6) is 0 Å². The lowest BCUT2D eigenvalue weighted by Gasteiger charge is -1.95. The van der Waals surface area contributed by atoms with Gasteiger partial charge < -0.3 is 0 Å². The monoisotopic (exact) mass is 224 g/mol. The number of nitrogens with zero attached hydrogens (tertiary/aromatic N) is 2. The van der Waals surface area contributed by atoms with Gasteiger partial charge in [-0.3, -0.25) is 14.8 Å². The maximum Gasteiger partial charge on any atom is 0.160 e. The second-order valence-corrected chi connectivity index (χ2v) is 3.62. The van der Waals surface area contributed by atoms with Crippen LogP contribution in [0.1, 0.15) is 11.1 Å². The average Bonchev–Trinajstić information content (AvgIpc) is 2.39. The summed E-state index contributed by atoms with van der Waals surface area (Å²) < 4.78 is 0. The Morgan fingerprint density at radius 2 is 1.94 bits per heavy atom. The molecule has 0 N–H and O–H groups in total. The molecule has 0 aliphatic rings. The highest BCUT2D eigenvalue weighted by Gasteiger charge is 1.98. The van der Waals surface area contributed by atoms with E-state index < -0.39 is 0 Å². The van der Waals surface area contributed by atoms with E-state index in [4.69, 9.17) is 0 Å². The first-order chi connectivity index (χ1) is 8.34. The topological polar surface area (TPSA) is 42.9 Å². The normalized spacial score (nSPS) is 10.6. The Bertz CT molecular complexity index is 506. The van der Waals surface area contributed by atoms with Crippen LogP contribution >= 0.6 is 0 Å². The highest BCUT2D eigenvalue weighted by molar-refractivity contribution is 5.94. The summed E-state index contributed by atoms with van der Waals surface area (Å²) in [6.07, 6.45) is 10.6. The minimum absolute atomic E-state index is 0.0646. The molecule has 0 amide bonds. The molecular formula is C14H12N2O. The fourth-order valence-corrected chi connectivity index (χ4v) is 1.43. The van der Waals surface area contributed by atoms with Crippen molar-refractivity contribution < 1.29 is 4.79 Å². The standard InChI is InChI=1S/C14H12N2O/c17-14(10-13-2-1-7-16-11-13)4-3-12-5-8-15-9-6-12/h1-9,11H,10H2. The first-order valence-corrected chi connectivity index (χ1v) is 5.34. The van der Waals surface area contributed by atoms with Crippen molar-refractivity contribution in [2.75, 3.05) is 0 Å². The van der Waals surface area contributed by atoms with Gasteiger partial charge in [-0.05, 0) is 35.4 Å². The molecule has 0 radical (unpaired) electrons. The van der Waals surface area contributed by atoms with E-state index in [2.05, 4.69) is 9.97 Å². The van der Waals surface area contributed by atoms with E-state index in [1.54, 1.807) is 36.9 Å². The molecule has 2 aromatic rings. The van der Waals surface area contributed by atoms with Crippen molar-refractivity contribution in [3.8, 4) is 0 Å². The Balaban J connectivity index is 1.96. The number of aromatic nitrogens is 2. The van der Waals surface area contributed by atoms with Crippen molar-refractivity contribution in [3.63, 3.8) is 0 Å². The first kappa shape index (κ1) is 11.2. The van der Waals surface area contributed by atoms with E-state index in [-0.39, 0.29) is 5.78 Å². The molecule has 0 aliphatic carbocycles. The number of hydrogen-bond acceptors (Lipinski definition) is 3. The Kier molecular flexibility index (Phi) is 3.76. The number of hydrogen-bond donors (Lipinski definition) is 0. The molecule has 0 aromatic carbocycles. The molecule has 3 heteroatoms. The number of allylic oxidation sites excluding steroid dienone is 1. The van der Waals surface area contributed by atoms with Crippen molar-refractivity contribution >= 4 is 11.9 Å². The summed E-state index contributed by atoms with van der Waals surface area (Å²) in [5, 5.41) is 0. The number of ketones is 1. The van der Waals surface area contributed by atoms with E-state index in [1.165, 1.54) is 0 Å². The molecule has 17 heavy (non-hydrogen) atoms. The van der Waals surface area contributed by atoms with Gasteiger partial charge >= 0.3 is 0 Å². The minimum Gasteiger partial charge on any atom is -0.294 e. The molecule has 2 heterocycles. The van der Waals surface area contributed by atoms with Crippen LogP contribution in [0.4, 0.5) is 0 Å². The predicted molar refractivity (Wildman–Crippen MR) is 66.2 cm³/mol. The molecule has 0 spiro atoms. The van der Waals surface area contributed by atoms with Crippen LogP contribution in [0.15, 0.2) is 55.1 Å². The Morgan fingerprint density at radius 3 is 2.65 bits per heavy atom. The van der Waals surface area contributed by atoms with Gasteiger partial charge in [-0.2, -0.15) is 0 Å². The number of pyridine rings is 2. The summed E-state index contributed by atoms with van der Waals surface area (Å²) in [5.74, 6) is 0.0646. The maximum absolute atomic E-state index is 11.7. The SMILES string of the molecule is O=C(C=Cc1ccncc1)Cc1cccnc1. The summed E-state index contributed by atoms with van der Waals surface area (Å²) >= 11 is 0. The van der Waals surface area contributed by atoms with Gasteiger partial charge in [0.25, 0.3) is 0 Å². The van der Waals surface area contributed by atoms with Crippen molar-refractivity contribution in [2.45, 2.75) is 6.42 Å². The van der Waals surface area contributed by atoms with Crippen molar-refractivity contribution in [3.05, 3.63) is 66.3 Å². The largest absolute Gasteiger partial charge is 0.294 e. The second kappa shape index (κ2) is 5.70. The van der Waals surface area contributed by atoms with Crippen molar-refractivity contribution in [1.82, 2.24) is 9.97 Å². The van der Waals surface area contributed by atoms with Crippen LogP contribution in [0.25, 0.3) is 6.08 Å². The van der Waals surface area contributed by atoms with Crippen molar-refractivity contribution in [1.29, 1.82) is 0 Å². The van der Waals surface area contributed by atoms with E-state index in [1.807, 2.05) is 24.3 Å². The van der Waals surface area contributed by atoms with Gasteiger partial charge in [-0.25, -0.2) is 0 Å². The van der Waals surface area contributed by atoms with Crippen LogP contribution in [0.3, 0.4) is 0 Å². The molecule has 0 bridgehead atoms. The molecule has 2 rings (SSSR count). The van der Waals surface area contributed by atoms with Gasteiger partial charge in [0, 0.05) is 31.2 Å². The summed E-state index contributed by atoms with van der Waals surface area (Å²) in [5.41, 5.74) is 1.90. The van der Waals surface area contributed by atoms with Gasteiger partial charge in [0.1, 0.15) is 0 Å². The zero-order valence-corrected chi connectivity index (χ0v) is 9.28. The predicted octanol–water partition coefficient (Wildman–Crippen LogP) is 2.30. The fourth-order valence-electron chi connectivity index (χ4n) is 1.43. The van der Waals surface area contributed by atoms with Gasteiger partial charge in [-0.15, -0.1) is 0 Å². The summed E-state index contributed by atoms with van der Waals surface area (Å²) in [7, 11) is 0. The van der Waals surface area contributed by atoms with Crippen LogP contribution in [-0.2, 0) is 11.2 Å². The minimum atomic E-state index is 0.0646. The van der Waals surface area contributed by atoms with E-state index >= 15 is 0 Å². The molecular weight excluding hydrogens is 212 g/mol. The molecule has 0 unspecified atom stereocenters. The smallest absolute Gasteiger partial charge is 0.160 e. The van der Waals surface area contributed by atoms with E-state index in [0.29, 0.717) is 6.42 Å². The number of carbonyl (C=O) groups is 1. The first-order valence-electron chi connectivity index (χ1n) is 5.34. The summed E-state index contributed by atoms with van der Waals surface area (Å²) in [6.45, 7) is 0. The zero-order chi connectivity index (χ0) is 11.9. The Morgan fingerprint density at radius 1 is 1.12 bits per heavy atom. The third-order valence-electron chi connectivity index (χ3n) is 2.27. The molecule has 84 valence electrons. The number of rotatable bonds is 4. The van der Waals surface area contributed by atoms with Crippen LogP contribution in [0, 0.1) is 0 Å². The highest BCUT2D eigenvalue weighted by Crippen LogP contribution is 2.02. The van der Waals surface area contributed by atoms with Crippen LogP contribution < -0.4 is 0 Å². The Hall–Kier alpha value is -2.29. The summed E-state index contributed by atoms with van der Waals surface area (Å²) in [4.78, 5) is 19.5. The van der Waals surface area contributed by atoms with Gasteiger partial charge in [0.2, 0.25) is 0 Å². The molecule has 0 saturated carbocycles. The number of carbonyl (C=O) groups excluding carboxylic acids is 1. The third-order valence-corrected chi connectivity index (χ3v) is 2.27. The van der Waals surface area contributed by atoms with E-state index in [9.17, 15) is 4.79 Å². The maximum atomic E-state index is 11.7. The lowest BCUT2D eigenvalue weighted by molar-refractivity contribution is -0.113. The lowest BCUT2D eigenvalue weighted by Crippen LogP contribution is -1.98. The Labute approximate surface area is 99.9 Å². The molecule has 0 saturated heterocycles.